The van der Waals surface area contributed by atoms with Gasteiger partial charge in [0.1, 0.15) is 11.8 Å². The van der Waals surface area contributed by atoms with E-state index >= 15 is 0 Å². The molecule has 4 aromatic rings. The Bertz CT molecular complexity index is 1600. The zero-order chi connectivity index (χ0) is 25.2. The van der Waals surface area contributed by atoms with Crippen LogP contribution in [0.4, 0.5) is 5.69 Å². The number of thiophene rings is 1. The van der Waals surface area contributed by atoms with E-state index in [0.29, 0.717) is 26.3 Å². The van der Waals surface area contributed by atoms with Gasteiger partial charge in [0, 0.05) is 10.6 Å². The van der Waals surface area contributed by atoms with Crippen molar-refractivity contribution < 1.29 is 9.53 Å². The first kappa shape index (κ1) is 24.0. The minimum atomic E-state index is -0.547. The summed E-state index contributed by atoms with van der Waals surface area (Å²) in [5, 5.41) is 4.92. The summed E-state index contributed by atoms with van der Waals surface area (Å²) in [7, 11) is 0. The molecule has 0 radical (unpaired) electrons. The van der Waals surface area contributed by atoms with Gasteiger partial charge < -0.3 is 10.1 Å². The largest absolute Gasteiger partial charge is 0.491 e. The average Bonchev–Trinajstić information content (AvgIpc) is 3.48. The van der Waals surface area contributed by atoms with Crippen molar-refractivity contribution in [3.05, 3.63) is 114 Å². The summed E-state index contributed by atoms with van der Waals surface area (Å²) in [6.45, 7) is 5.79. The van der Waals surface area contributed by atoms with Crippen LogP contribution in [-0.4, -0.2) is 16.6 Å². The fourth-order valence-corrected chi connectivity index (χ4v) is 5.98. The van der Waals surface area contributed by atoms with Gasteiger partial charge in [0.05, 0.1) is 21.9 Å². The number of rotatable bonds is 6. The average molecular weight is 516 g/mol. The van der Waals surface area contributed by atoms with Crippen molar-refractivity contribution in [1.82, 2.24) is 4.57 Å². The second-order valence-electron chi connectivity index (χ2n) is 8.65. The molecular formula is C28H25N3O3S2. The van der Waals surface area contributed by atoms with E-state index in [1.807, 2.05) is 99.0 Å². The fourth-order valence-electron chi connectivity index (χ4n) is 4.11. The lowest BCUT2D eigenvalue weighted by atomic mass is 10.0. The molecule has 6 nitrogen and oxygen atoms in total. The first-order valence-electron chi connectivity index (χ1n) is 11.6. The van der Waals surface area contributed by atoms with Crippen molar-refractivity contribution in [2.24, 2.45) is 4.99 Å². The maximum absolute atomic E-state index is 13.7. The number of carbonyl (C=O) groups is 1. The Morgan fingerprint density at radius 1 is 1.08 bits per heavy atom. The number of anilines is 1. The van der Waals surface area contributed by atoms with E-state index in [1.165, 1.54) is 22.7 Å². The number of hydrogen-bond acceptors (Lipinski definition) is 6. The molecule has 0 bridgehead atoms. The van der Waals surface area contributed by atoms with Crippen LogP contribution in [0.3, 0.4) is 0 Å². The highest BCUT2D eigenvalue weighted by Gasteiger charge is 2.33. The van der Waals surface area contributed by atoms with E-state index in [0.717, 1.165) is 16.2 Å². The van der Waals surface area contributed by atoms with Gasteiger partial charge in [-0.25, -0.2) is 4.99 Å². The van der Waals surface area contributed by atoms with Gasteiger partial charge in [-0.05, 0) is 68.1 Å². The highest BCUT2D eigenvalue weighted by molar-refractivity contribution is 7.10. The number of fused-ring (bicyclic) bond motifs is 1. The Morgan fingerprint density at radius 3 is 2.50 bits per heavy atom. The zero-order valence-electron chi connectivity index (χ0n) is 20.1. The number of allylic oxidation sites excluding steroid dienone is 1. The monoisotopic (exact) mass is 515 g/mol. The number of aromatic nitrogens is 1. The molecule has 1 atom stereocenters. The standard InChI is InChI=1S/C28H25N3O3S2/c1-17(2)34-21-13-11-19(12-14-21)16-23-27(33)31-25(22-10-7-15-35-22)24(18(3)29-28(31)36-23)26(32)30-20-8-5-4-6-9-20/h4-17,25H,1-3H3,(H,30,32)/b23-16-/t25-/m1/s1. The summed E-state index contributed by atoms with van der Waals surface area (Å²) in [6, 6.07) is 20.3. The summed E-state index contributed by atoms with van der Waals surface area (Å²) >= 11 is 2.85. The lowest BCUT2D eigenvalue weighted by Gasteiger charge is -2.24. The summed E-state index contributed by atoms with van der Waals surface area (Å²) < 4.78 is 7.92. The highest BCUT2D eigenvalue weighted by atomic mass is 32.1. The number of ether oxygens (including phenoxy) is 1. The second-order valence-corrected chi connectivity index (χ2v) is 10.6. The van der Waals surface area contributed by atoms with Gasteiger partial charge >= 0.3 is 0 Å². The Labute approximate surface area is 216 Å². The molecule has 1 N–H and O–H groups in total. The number of hydrogen-bond donors (Lipinski definition) is 1. The van der Waals surface area contributed by atoms with E-state index < -0.39 is 6.04 Å². The summed E-state index contributed by atoms with van der Waals surface area (Å²) in [4.78, 5) is 33.3. The summed E-state index contributed by atoms with van der Waals surface area (Å²) in [5.74, 6) is 0.516. The molecule has 1 aliphatic rings. The van der Waals surface area contributed by atoms with Crippen LogP contribution in [0.15, 0.2) is 93.2 Å². The molecule has 2 aromatic heterocycles. The van der Waals surface area contributed by atoms with Crippen LogP contribution in [-0.2, 0) is 4.79 Å². The molecule has 36 heavy (non-hydrogen) atoms. The number of benzene rings is 2. The molecule has 0 saturated heterocycles. The van der Waals surface area contributed by atoms with Gasteiger partial charge in [-0.2, -0.15) is 0 Å². The highest BCUT2D eigenvalue weighted by Crippen LogP contribution is 2.33. The number of para-hydroxylation sites is 1. The van der Waals surface area contributed by atoms with Gasteiger partial charge in [-0.1, -0.05) is 47.7 Å². The first-order chi connectivity index (χ1) is 17.4. The molecule has 1 aliphatic heterocycles. The predicted octanol–water partition coefficient (Wildman–Crippen LogP) is 4.72. The van der Waals surface area contributed by atoms with Crippen LogP contribution < -0.4 is 24.9 Å². The minimum absolute atomic E-state index is 0.0910. The van der Waals surface area contributed by atoms with Crippen LogP contribution in [0.2, 0.25) is 0 Å². The molecule has 0 aliphatic carbocycles. The molecule has 0 fully saturated rings. The van der Waals surface area contributed by atoms with Crippen molar-refractivity contribution in [1.29, 1.82) is 0 Å². The van der Waals surface area contributed by atoms with Crippen molar-refractivity contribution in [3.63, 3.8) is 0 Å². The van der Waals surface area contributed by atoms with Gasteiger partial charge in [-0.3, -0.25) is 14.2 Å². The van der Waals surface area contributed by atoms with Crippen molar-refractivity contribution >= 4 is 40.3 Å². The van der Waals surface area contributed by atoms with Crippen LogP contribution >= 0.6 is 22.7 Å². The molecule has 0 unspecified atom stereocenters. The molecule has 2 aromatic carbocycles. The lowest BCUT2D eigenvalue weighted by Crippen LogP contribution is -2.40. The quantitative estimate of drug-likeness (QED) is 0.404. The van der Waals surface area contributed by atoms with Crippen LogP contribution in [0.5, 0.6) is 5.75 Å². The number of nitrogens with one attached hydrogen (secondary N) is 1. The molecule has 0 saturated carbocycles. The smallest absolute Gasteiger partial charge is 0.271 e. The lowest BCUT2D eigenvalue weighted by molar-refractivity contribution is -0.113. The van der Waals surface area contributed by atoms with Crippen molar-refractivity contribution in [2.45, 2.75) is 32.9 Å². The third kappa shape index (κ3) is 4.82. The molecule has 0 spiro atoms. The Morgan fingerprint density at radius 2 is 1.83 bits per heavy atom. The van der Waals surface area contributed by atoms with E-state index in [-0.39, 0.29) is 17.6 Å². The first-order valence-corrected chi connectivity index (χ1v) is 13.3. The third-order valence-electron chi connectivity index (χ3n) is 5.66. The predicted molar refractivity (Wildman–Crippen MR) is 145 cm³/mol. The molecule has 3 heterocycles. The Balaban J connectivity index is 1.58. The van der Waals surface area contributed by atoms with Gasteiger partial charge in [0.15, 0.2) is 4.80 Å². The minimum Gasteiger partial charge on any atom is -0.491 e. The van der Waals surface area contributed by atoms with Gasteiger partial charge in [0.25, 0.3) is 11.5 Å². The van der Waals surface area contributed by atoms with E-state index in [4.69, 9.17) is 4.74 Å². The van der Waals surface area contributed by atoms with Crippen LogP contribution in [0.25, 0.3) is 6.08 Å². The van der Waals surface area contributed by atoms with Crippen molar-refractivity contribution in [2.75, 3.05) is 5.32 Å². The molecule has 1 amide bonds. The van der Waals surface area contributed by atoms with E-state index in [2.05, 4.69) is 10.3 Å². The number of amides is 1. The van der Waals surface area contributed by atoms with Gasteiger partial charge in [0.2, 0.25) is 0 Å². The number of thiazole rings is 1. The summed E-state index contributed by atoms with van der Waals surface area (Å²) in [6.07, 6.45) is 1.95. The molecular weight excluding hydrogens is 490 g/mol. The normalized spacial score (nSPS) is 15.6. The third-order valence-corrected chi connectivity index (χ3v) is 7.57. The number of nitrogens with zero attached hydrogens (tertiary/aromatic N) is 2. The van der Waals surface area contributed by atoms with E-state index in [1.54, 1.807) is 4.57 Å². The Hall–Kier alpha value is -3.75. The van der Waals surface area contributed by atoms with Gasteiger partial charge in [-0.15, -0.1) is 11.3 Å². The topological polar surface area (TPSA) is 72.7 Å². The molecule has 8 heteroatoms. The SMILES string of the molecule is CC1=C(C(=O)Nc2ccccc2)[C@@H](c2cccs2)n2c(s/c(=C\c3ccc(OC(C)C)cc3)c2=O)=N1. The van der Waals surface area contributed by atoms with Crippen molar-refractivity contribution in [3.8, 4) is 5.75 Å². The molecule has 5 rings (SSSR count). The van der Waals surface area contributed by atoms with E-state index in [9.17, 15) is 9.59 Å². The van der Waals surface area contributed by atoms with Crippen LogP contribution in [0.1, 0.15) is 37.3 Å². The maximum Gasteiger partial charge on any atom is 0.271 e. The fraction of sp³-hybridized carbons (Fsp3) is 0.179. The zero-order valence-corrected chi connectivity index (χ0v) is 21.7. The number of carbonyl (C=O) groups excluding carboxylic acids is 1. The maximum atomic E-state index is 13.7. The summed E-state index contributed by atoms with van der Waals surface area (Å²) in [5.41, 5.74) is 2.48. The van der Waals surface area contributed by atoms with Crippen LogP contribution in [0, 0.1) is 0 Å². The Kier molecular flexibility index (Phi) is 6.71. The second kappa shape index (κ2) is 10.1. The molecule has 182 valence electrons.